The monoisotopic (exact) mass is 308 g/mol. The topological polar surface area (TPSA) is 24.1 Å². The van der Waals surface area contributed by atoms with Gasteiger partial charge in [0.2, 0.25) is 0 Å². The SMILES string of the molecule is CC(C)[C@H]1CSC(=S)N1.CC[C@H]1CSC(=S)N1. The standard InChI is InChI=1S/C6H11NS2.C5H9NS2/c1-4(2)5-3-9-6(8)7-5;1-2-4-3-8-5(7)6-4/h4-5H,3H2,1-2H3,(H,7,8);4H,2-3H2,1H3,(H,6,7)/t5-;4-/m10/s1. The molecule has 0 aromatic rings. The average Bonchev–Trinajstić information content (AvgIpc) is 2.88. The molecule has 0 amide bonds. The summed E-state index contributed by atoms with van der Waals surface area (Å²) in [5, 5.41) is 6.45. The highest BCUT2D eigenvalue weighted by Gasteiger charge is 2.20. The largest absolute Gasteiger partial charge is 0.367 e. The van der Waals surface area contributed by atoms with Crippen LogP contribution < -0.4 is 10.6 Å². The summed E-state index contributed by atoms with van der Waals surface area (Å²) < 4.78 is 1.94. The zero-order valence-corrected chi connectivity index (χ0v) is 13.8. The Kier molecular flexibility index (Phi) is 7.14. The van der Waals surface area contributed by atoms with E-state index in [-0.39, 0.29) is 0 Å². The van der Waals surface area contributed by atoms with Crippen LogP contribution in [-0.2, 0) is 0 Å². The zero-order valence-electron chi connectivity index (χ0n) is 10.5. The molecule has 2 saturated heterocycles. The molecule has 0 saturated carbocycles. The van der Waals surface area contributed by atoms with Gasteiger partial charge in [0.25, 0.3) is 0 Å². The number of rotatable bonds is 2. The fourth-order valence-electron chi connectivity index (χ4n) is 1.41. The lowest BCUT2D eigenvalue weighted by molar-refractivity contribution is 0.505. The van der Waals surface area contributed by atoms with Gasteiger partial charge in [-0.15, -0.1) is 0 Å². The minimum absolute atomic E-state index is 0.613. The fourth-order valence-corrected chi connectivity index (χ4v) is 4.09. The van der Waals surface area contributed by atoms with E-state index in [4.69, 9.17) is 24.4 Å². The second kappa shape index (κ2) is 7.81. The van der Waals surface area contributed by atoms with Gasteiger partial charge >= 0.3 is 0 Å². The molecule has 98 valence electrons. The van der Waals surface area contributed by atoms with Gasteiger partial charge in [0.15, 0.2) is 0 Å². The maximum atomic E-state index is 4.97. The van der Waals surface area contributed by atoms with Crippen LogP contribution in [-0.4, -0.2) is 32.2 Å². The molecule has 0 aromatic heterocycles. The summed E-state index contributed by atoms with van der Waals surface area (Å²) in [5.74, 6) is 3.02. The quantitative estimate of drug-likeness (QED) is 0.761. The number of thiocarbonyl (C=S) groups is 2. The van der Waals surface area contributed by atoms with Gasteiger partial charge in [-0.2, -0.15) is 0 Å². The van der Waals surface area contributed by atoms with Gasteiger partial charge in [-0.1, -0.05) is 68.7 Å². The Balaban J connectivity index is 0.000000171. The van der Waals surface area contributed by atoms with E-state index in [1.54, 1.807) is 23.5 Å². The second-order valence-electron chi connectivity index (χ2n) is 4.44. The van der Waals surface area contributed by atoms with Gasteiger partial charge in [0, 0.05) is 23.6 Å². The highest BCUT2D eigenvalue weighted by atomic mass is 32.2. The molecule has 0 bridgehead atoms. The van der Waals surface area contributed by atoms with Crippen molar-refractivity contribution in [3.8, 4) is 0 Å². The third kappa shape index (κ3) is 5.77. The molecule has 2 heterocycles. The molecule has 0 radical (unpaired) electrons. The molecule has 0 unspecified atom stereocenters. The first-order valence-electron chi connectivity index (χ1n) is 5.89. The van der Waals surface area contributed by atoms with Crippen LogP contribution in [0.3, 0.4) is 0 Å². The van der Waals surface area contributed by atoms with Crippen molar-refractivity contribution >= 4 is 56.6 Å². The third-order valence-corrected chi connectivity index (χ3v) is 5.53. The first-order chi connectivity index (χ1) is 8.02. The molecular formula is C11H20N2S4. The molecule has 2 rings (SSSR count). The molecule has 17 heavy (non-hydrogen) atoms. The van der Waals surface area contributed by atoms with E-state index in [0.717, 1.165) is 20.1 Å². The van der Waals surface area contributed by atoms with E-state index in [1.807, 2.05) is 0 Å². The predicted molar refractivity (Wildman–Crippen MR) is 89.1 cm³/mol. The van der Waals surface area contributed by atoms with E-state index < -0.39 is 0 Å². The van der Waals surface area contributed by atoms with E-state index in [0.29, 0.717) is 18.0 Å². The van der Waals surface area contributed by atoms with E-state index >= 15 is 0 Å². The van der Waals surface area contributed by atoms with Gasteiger partial charge in [0.1, 0.15) is 8.64 Å². The van der Waals surface area contributed by atoms with Gasteiger partial charge in [-0.05, 0) is 12.3 Å². The highest BCUT2D eigenvalue weighted by molar-refractivity contribution is 8.23. The lowest BCUT2D eigenvalue weighted by Crippen LogP contribution is -2.30. The Morgan fingerprint density at radius 1 is 1.18 bits per heavy atom. The molecule has 2 atom stereocenters. The number of hydrogen-bond donors (Lipinski definition) is 2. The van der Waals surface area contributed by atoms with Crippen LogP contribution >= 0.6 is 48.0 Å². The smallest absolute Gasteiger partial charge is 0.134 e. The molecule has 0 aromatic carbocycles. The van der Waals surface area contributed by atoms with Crippen LogP contribution in [0.15, 0.2) is 0 Å². The van der Waals surface area contributed by atoms with Gasteiger partial charge in [-0.3, -0.25) is 0 Å². The summed E-state index contributed by atoms with van der Waals surface area (Å²) in [7, 11) is 0. The molecular weight excluding hydrogens is 288 g/mol. The molecule has 2 aliphatic rings. The summed E-state index contributed by atoms with van der Waals surface area (Å²) >= 11 is 13.4. The van der Waals surface area contributed by atoms with Crippen molar-refractivity contribution in [3.63, 3.8) is 0 Å². The maximum absolute atomic E-state index is 4.97. The lowest BCUT2D eigenvalue weighted by Gasteiger charge is -2.12. The van der Waals surface area contributed by atoms with Crippen LogP contribution in [0.5, 0.6) is 0 Å². The van der Waals surface area contributed by atoms with Crippen molar-refractivity contribution in [2.24, 2.45) is 5.92 Å². The second-order valence-corrected chi connectivity index (χ2v) is 7.84. The summed E-state index contributed by atoms with van der Waals surface area (Å²) in [6.45, 7) is 6.60. The lowest BCUT2D eigenvalue weighted by atomic mass is 10.1. The third-order valence-electron chi connectivity index (χ3n) is 2.73. The van der Waals surface area contributed by atoms with Crippen LogP contribution in [0.25, 0.3) is 0 Å². The number of nitrogens with one attached hydrogen (secondary N) is 2. The molecule has 0 spiro atoms. The minimum Gasteiger partial charge on any atom is -0.367 e. The number of hydrogen-bond acceptors (Lipinski definition) is 4. The van der Waals surface area contributed by atoms with Crippen molar-refractivity contribution in [1.29, 1.82) is 0 Å². The minimum atomic E-state index is 0.613. The Labute approximate surface area is 123 Å². The van der Waals surface area contributed by atoms with Crippen molar-refractivity contribution in [1.82, 2.24) is 10.6 Å². The Hall–Kier alpha value is 0.480. The summed E-state index contributed by atoms with van der Waals surface area (Å²) in [5.41, 5.74) is 0. The summed E-state index contributed by atoms with van der Waals surface area (Å²) in [6, 6.07) is 1.26. The van der Waals surface area contributed by atoms with E-state index in [1.165, 1.54) is 6.42 Å². The molecule has 2 nitrogen and oxygen atoms in total. The van der Waals surface area contributed by atoms with E-state index in [2.05, 4.69) is 31.4 Å². The van der Waals surface area contributed by atoms with Crippen LogP contribution in [0.4, 0.5) is 0 Å². The normalized spacial score (nSPS) is 27.5. The van der Waals surface area contributed by atoms with Crippen LogP contribution in [0.2, 0.25) is 0 Å². The maximum Gasteiger partial charge on any atom is 0.134 e. The summed E-state index contributed by atoms with van der Waals surface area (Å²) in [6.07, 6.45) is 1.19. The molecule has 6 heteroatoms. The first kappa shape index (κ1) is 15.5. The van der Waals surface area contributed by atoms with Crippen LogP contribution in [0, 0.1) is 5.92 Å². The van der Waals surface area contributed by atoms with Crippen molar-refractivity contribution in [2.45, 2.75) is 39.3 Å². The first-order valence-corrected chi connectivity index (χ1v) is 8.68. The highest BCUT2D eigenvalue weighted by Crippen LogP contribution is 2.18. The van der Waals surface area contributed by atoms with Crippen LogP contribution in [0.1, 0.15) is 27.2 Å². The zero-order chi connectivity index (χ0) is 12.8. The number of thioether (sulfide) groups is 2. The summed E-state index contributed by atoms with van der Waals surface area (Å²) in [4.78, 5) is 0. The molecule has 2 N–H and O–H groups in total. The average molecular weight is 309 g/mol. The Morgan fingerprint density at radius 2 is 1.76 bits per heavy atom. The van der Waals surface area contributed by atoms with Gasteiger partial charge < -0.3 is 10.6 Å². The Morgan fingerprint density at radius 3 is 2.00 bits per heavy atom. The van der Waals surface area contributed by atoms with Crippen molar-refractivity contribution in [3.05, 3.63) is 0 Å². The fraction of sp³-hybridized carbons (Fsp3) is 0.818. The van der Waals surface area contributed by atoms with Crippen molar-refractivity contribution in [2.75, 3.05) is 11.5 Å². The van der Waals surface area contributed by atoms with Gasteiger partial charge in [-0.25, -0.2) is 0 Å². The Bertz CT molecular complexity index is 281. The molecule has 0 aliphatic carbocycles. The predicted octanol–water partition coefficient (Wildman–Crippen LogP) is 3.02. The van der Waals surface area contributed by atoms with E-state index in [9.17, 15) is 0 Å². The molecule has 2 fully saturated rings. The van der Waals surface area contributed by atoms with Crippen molar-refractivity contribution < 1.29 is 0 Å². The van der Waals surface area contributed by atoms with Gasteiger partial charge in [0.05, 0.1) is 0 Å². The molecule has 2 aliphatic heterocycles.